The van der Waals surface area contributed by atoms with Crippen LogP contribution >= 0.6 is 35.0 Å². The fraction of sp³-hybridized carbons (Fsp3) is 0.222. The first-order valence-corrected chi connectivity index (χ1v) is 5.52. The number of carbonyl (C=O) groups is 1. The third-order valence-corrected chi connectivity index (χ3v) is 3.17. The summed E-state index contributed by atoms with van der Waals surface area (Å²) in [5, 5.41) is 1.19. The molecule has 0 saturated heterocycles. The molecule has 0 aliphatic heterocycles. The van der Waals surface area contributed by atoms with Gasteiger partial charge < -0.3 is 4.74 Å². The highest BCUT2D eigenvalue weighted by Crippen LogP contribution is 2.29. The Morgan fingerprint density at radius 3 is 2.86 bits per heavy atom. The number of rotatable bonds is 3. The molecule has 0 aromatic heterocycles. The van der Waals surface area contributed by atoms with Crippen LogP contribution in [-0.4, -0.2) is 18.8 Å². The van der Waals surface area contributed by atoms with Gasteiger partial charge in [-0.1, -0.05) is 23.2 Å². The molecule has 0 aliphatic carbocycles. The Balaban J connectivity index is 2.66. The second-order valence-corrected chi connectivity index (χ2v) is 4.30. The van der Waals surface area contributed by atoms with Gasteiger partial charge in [-0.2, -0.15) is 0 Å². The van der Waals surface area contributed by atoms with E-state index in [9.17, 15) is 4.79 Å². The van der Waals surface area contributed by atoms with Gasteiger partial charge in [-0.25, -0.2) is 0 Å². The van der Waals surface area contributed by atoms with Gasteiger partial charge in [0.2, 0.25) is 0 Å². The lowest BCUT2D eigenvalue weighted by atomic mass is 10.4. The van der Waals surface area contributed by atoms with E-state index in [0.29, 0.717) is 10.0 Å². The highest BCUT2D eigenvalue weighted by atomic mass is 35.5. The lowest BCUT2D eigenvalue weighted by Gasteiger charge is -2.03. The largest absolute Gasteiger partial charge is 0.468 e. The molecule has 1 rings (SSSR count). The third-order valence-electron chi connectivity index (χ3n) is 1.47. The summed E-state index contributed by atoms with van der Waals surface area (Å²) in [6.07, 6.45) is 0. The predicted octanol–water partition coefficient (Wildman–Crippen LogP) is 3.26. The summed E-state index contributed by atoms with van der Waals surface area (Å²) in [5.74, 6) is -0.0534. The Bertz CT molecular complexity index is 342. The molecule has 0 N–H and O–H groups in total. The average molecular weight is 251 g/mol. The Kier molecular flexibility index (Phi) is 4.58. The Morgan fingerprint density at radius 2 is 2.21 bits per heavy atom. The number of benzene rings is 1. The lowest BCUT2D eigenvalue weighted by Crippen LogP contribution is -2.02. The van der Waals surface area contributed by atoms with Crippen molar-refractivity contribution in [3.8, 4) is 0 Å². The summed E-state index contributed by atoms with van der Waals surface area (Å²) >= 11 is 13.0. The van der Waals surface area contributed by atoms with Crippen LogP contribution in [0, 0.1) is 0 Å². The van der Waals surface area contributed by atoms with Crippen LogP contribution in [0.5, 0.6) is 0 Å². The highest BCUT2D eigenvalue weighted by molar-refractivity contribution is 8.00. The minimum atomic E-state index is -0.286. The first-order chi connectivity index (χ1) is 6.63. The van der Waals surface area contributed by atoms with Crippen LogP contribution in [0.2, 0.25) is 10.0 Å². The number of thioether (sulfide) groups is 1. The number of hydrogen-bond donors (Lipinski definition) is 0. The van der Waals surface area contributed by atoms with Crippen LogP contribution < -0.4 is 0 Å². The maximum Gasteiger partial charge on any atom is 0.315 e. The minimum absolute atomic E-state index is 0.233. The fourth-order valence-electron chi connectivity index (χ4n) is 0.783. The van der Waals surface area contributed by atoms with Crippen molar-refractivity contribution >= 4 is 40.9 Å². The minimum Gasteiger partial charge on any atom is -0.468 e. The van der Waals surface area contributed by atoms with Crippen molar-refractivity contribution in [2.24, 2.45) is 0 Å². The van der Waals surface area contributed by atoms with Gasteiger partial charge in [0.25, 0.3) is 0 Å². The molecule has 2 nitrogen and oxygen atoms in total. The van der Waals surface area contributed by atoms with E-state index in [1.165, 1.54) is 18.9 Å². The van der Waals surface area contributed by atoms with Crippen LogP contribution in [-0.2, 0) is 9.53 Å². The van der Waals surface area contributed by atoms with Gasteiger partial charge in [0, 0.05) is 9.92 Å². The third kappa shape index (κ3) is 3.40. The van der Waals surface area contributed by atoms with Crippen molar-refractivity contribution in [3.05, 3.63) is 28.2 Å². The van der Waals surface area contributed by atoms with E-state index < -0.39 is 0 Å². The standard InChI is InChI=1S/C9H8Cl2O2S/c1-13-9(12)5-14-8-4-6(10)2-3-7(8)11/h2-4H,5H2,1H3. The van der Waals surface area contributed by atoms with E-state index >= 15 is 0 Å². The van der Waals surface area contributed by atoms with Crippen molar-refractivity contribution in [3.63, 3.8) is 0 Å². The maximum atomic E-state index is 10.9. The van der Waals surface area contributed by atoms with Crippen LogP contribution in [0.3, 0.4) is 0 Å². The lowest BCUT2D eigenvalue weighted by molar-refractivity contribution is -0.137. The molecule has 0 unspecified atom stereocenters. The van der Waals surface area contributed by atoms with E-state index in [1.54, 1.807) is 18.2 Å². The smallest absolute Gasteiger partial charge is 0.315 e. The molecular weight excluding hydrogens is 243 g/mol. The molecule has 14 heavy (non-hydrogen) atoms. The number of esters is 1. The fourth-order valence-corrected chi connectivity index (χ4v) is 2.11. The average Bonchev–Trinajstić information content (AvgIpc) is 2.19. The molecule has 5 heteroatoms. The first kappa shape index (κ1) is 11.7. The molecule has 0 atom stereocenters. The molecular formula is C9H8Cl2O2S. The summed E-state index contributed by atoms with van der Waals surface area (Å²) in [4.78, 5) is 11.6. The van der Waals surface area contributed by atoms with Crippen molar-refractivity contribution in [2.45, 2.75) is 4.90 Å². The van der Waals surface area contributed by atoms with E-state index in [2.05, 4.69) is 4.74 Å². The molecule has 1 aromatic rings. The van der Waals surface area contributed by atoms with Gasteiger partial charge in [0.05, 0.1) is 17.9 Å². The van der Waals surface area contributed by atoms with E-state index in [4.69, 9.17) is 23.2 Å². The Morgan fingerprint density at radius 1 is 1.50 bits per heavy atom. The van der Waals surface area contributed by atoms with Gasteiger partial charge in [0.15, 0.2) is 0 Å². The van der Waals surface area contributed by atoms with Crippen LogP contribution in [0.4, 0.5) is 0 Å². The SMILES string of the molecule is COC(=O)CSc1cc(Cl)ccc1Cl. The molecule has 0 bridgehead atoms. The zero-order chi connectivity index (χ0) is 10.6. The molecule has 76 valence electrons. The van der Waals surface area contributed by atoms with Crippen LogP contribution in [0.25, 0.3) is 0 Å². The molecule has 0 saturated carbocycles. The first-order valence-electron chi connectivity index (χ1n) is 3.78. The van der Waals surface area contributed by atoms with Gasteiger partial charge in [-0.15, -0.1) is 11.8 Å². The summed E-state index contributed by atoms with van der Waals surface area (Å²) < 4.78 is 4.51. The van der Waals surface area contributed by atoms with Gasteiger partial charge in [-0.05, 0) is 18.2 Å². The second kappa shape index (κ2) is 5.49. The molecule has 0 radical (unpaired) electrons. The molecule has 0 heterocycles. The number of halogens is 2. The Labute approximate surface area is 96.5 Å². The van der Waals surface area contributed by atoms with E-state index in [-0.39, 0.29) is 11.7 Å². The van der Waals surface area contributed by atoms with Crippen molar-refractivity contribution in [1.29, 1.82) is 0 Å². The molecule has 0 aliphatic rings. The number of methoxy groups -OCH3 is 1. The van der Waals surface area contributed by atoms with E-state index in [1.807, 2.05) is 0 Å². The van der Waals surface area contributed by atoms with Crippen molar-refractivity contribution in [2.75, 3.05) is 12.9 Å². The monoisotopic (exact) mass is 250 g/mol. The summed E-state index contributed by atoms with van der Waals surface area (Å²) in [5.41, 5.74) is 0. The topological polar surface area (TPSA) is 26.3 Å². The van der Waals surface area contributed by atoms with Gasteiger partial charge in [-0.3, -0.25) is 4.79 Å². The maximum absolute atomic E-state index is 10.9. The molecule has 0 spiro atoms. The summed E-state index contributed by atoms with van der Waals surface area (Å²) in [6.45, 7) is 0. The highest BCUT2D eigenvalue weighted by Gasteiger charge is 2.05. The number of hydrogen-bond acceptors (Lipinski definition) is 3. The zero-order valence-electron chi connectivity index (χ0n) is 7.42. The quantitative estimate of drug-likeness (QED) is 0.609. The number of carbonyl (C=O) groups excluding carboxylic acids is 1. The molecule has 1 aromatic carbocycles. The van der Waals surface area contributed by atoms with Gasteiger partial charge >= 0.3 is 5.97 Å². The van der Waals surface area contributed by atoms with Crippen LogP contribution in [0.15, 0.2) is 23.1 Å². The van der Waals surface area contributed by atoms with E-state index in [0.717, 1.165) is 4.90 Å². The van der Waals surface area contributed by atoms with Gasteiger partial charge in [0.1, 0.15) is 0 Å². The molecule has 0 amide bonds. The van der Waals surface area contributed by atoms with Crippen molar-refractivity contribution in [1.82, 2.24) is 0 Å². The molecule has 0 fully saturated rings. The zero-order valence-corrected chi connectivity index (χ0v) is 9.75. The predicted molar refractivity (Wildman–Crippen MR) is 59.2 cm³/mol. The summed E-state index contributed by atoms with van der Waals surface area (Å²) in [6, 6.07) is 5.12. The number of ether oxygens (including phenoxy) is 1. The van der Waals surface area contributed by atoms with Crippen molar-refractivity contribution < 1.29 is 9.53 Å². The second-order valence-electron chi connectivity index (χ2n) is 2.44. The summed E-state index contributed by atoms with van der Waals surface area (Å²) in [7, 11) is 1.35. The normalized spacial score (nSPS) is 9.93. The van der Waals surface area contributed by atoms with Crippen LogP contribution in [0.1, 0.15) is 0 Å². The Hall–Kier alpha value is -0.380.